The van der Waals surface area contributed by atoms with Crippen molar-refractivity contribution in [2.24, 2.45) is 0 Å². The zero-order chi connectivity index (χ0) is 13.0. The maximum Gasteiger partial charge on any atom is 0.349 e. The highest BCUT2D eigenvalue weighted by Gasteiger charge is 2.17. The van der Waals surface area contributed by atoms with Crippen molar-refractivity contribution in [2.75, 3.05) is 6.61 Å². The molecule has 4 heteroatoms. The predicted molar refractivity (Wildman–Crippen MR) is 70.3 cm³/mol. The Balaban J connectivity index is 2.89. The molecular formula is C13H18O3S. The third kappa shape index (κ3) is 3.89. The summed E-state index contributed by atoms with van der Waals surface area (Å²) in [4.78, 5) is 12.4. The van der Waals surface area contributed by atoms with Crippen molar-refractivity contribution >= 4 is 17.3 Å². The van der Waals surface area contributed by atoms with E-state index >= 15 is 0 Å². The van der Waals surface area contributed by atoms with E-state index in [1.54, 1.807) is 0 Å². The summed E-state index contributed by atoms with van der Waals surface area (Å²) in [5, 5.41) is 9.08. The van der Waals surface area contributed by atoms with E-state index in [4.69, 9.17) is 9.84 Å². The lowest BCUT2D eigenvalue weighted by molar-refractivity contribution is 0.0698. The normalized spacial score (nSPS) is 10.4. The van der Waals surface area contributed by atoms with Gasteiger partial charge >= 0.3 is 5.97 Å². The van der Waals surface area contributed by atoms with Crippen LogP contribution in [0.25, 0.3) is 0 Å². The van der Waals surface area contributed by atoms with Gasteiger partial charge in [0.15, 0.2) is 4.88 Å². The number of allylic oxidation sites excluding steroid dienone is 1. The van der Waals surface area contributed by atoms with E-state index in [1.807, 2.05) is 39.8 Å². The Morgan fingerprint density at radius 2 is 2.18 bits per heavy atom. The summed E-state index contributed by atoms with van der Waals surface area (Å²) < 4.78 is 5.49. The zero-order valence-electron chi connectivity index (χ0n) is 10.6. The fourth-order valence-corrected chi connectivity index (χ4v) is 2.17. The van der Waals surface area contributed by atoms with E-state index in [9.17, 15) is 4.79 Å². The van der Waals surface area contributed by atoms with Gasteiger partial charge in [-0.1, -0.05) is 19.4 Å². The average Bonchev–Trinajstić information content (AvgIpc) is 2.61. The Kier molecular flexibility index (Phi) is 4.75. The van der Waals surface area contributed by atoms with Crippen molar-refractivity contribution in [2.45, 2.75) is 33.6 Å². The van der Waals surface area contributed by atoms with Gasteiger partial charge in [0.05, 0.1) is 0 Å². The molecular weight excluding hydrogens is 236 g/mol. The summed E-state index contributed by atoms with van der Waals surface area (Å²) in [6.45, 7) is 8.45. The fraction of sp³-hybridized carbons (Fsp3) is 0.462. The minimum absolute atomic E-state index is 0.288. The Morgan fingerprint density at radius 1 is 1.53 bits per heavy atom. The first kappa shape index (κ1) is 13.8. The Bertz CT molecular complexity index is 426. The van der Waals surface area contributed by atoms with Gasteiger partial charge in [0, 0.05) is 4.88 Å². The lowest BCUT2D eigenvalue weighted by atomic mass is 10.2. The number of hydrogen-bond donors (Lipinski definition) is 1. The molecule has 0 aliphatic rings. The molecule has 0 saturated carbocycles. The van der Waals surface area contributed by atoms with Crippen LogP contribution in [-0.4, -0.2) is 17.7 Å². The molecule has 94 valence electrons. The summed E-state index contributed by atoms with van der Waals surface area (Å²) in [7, 11) is 0. The van der Waals surface area contributed by atoms with E-state index in [-0.39, 0.29) is 4.88 Å². The summed E-state index contributed by atoms with van der Waals surface area (Å²) in [5.41, 5.74) is 1.15. The second kappa shape index (κ2) is 5.87. The van der Waals surface area contributed by atoms with Crippen LogP contribution in [0.5, 0.6) is 5.75 Å². The van der Waals surface area contributed by atoms with Gasteiger partial charge in [-0.2, -0.15) is 0 Å². The van der Waals surface area contributed by atoms with Crippen LogP contribution in [0.3, 0.4) is 0 Å². The van der Waals surface area contributed by atoms with Crippen molar-refractivity contribution in [3.8, 4) is 5.75 Å². The van der Waals surface area contributed by atoms with E-state index in [0.717, 1.165) is 10.5 Å². The first-order valence-electron chi connectivity index (χ1n) is 5.55. The summed E-state index contributed by atoms with van der Waals surface area (Å²) in [6.07, 6.45) is 1.93. The Morgan fingerprint density at radius 3 is 2.65 bits per heavy atom. The molecule has 0 spiro atoms. The van der Waals surface area contributed by atoms with Crippen LogP contribution >= 0.6 is 11.3 Å². The molecule has 3 nitrogen and oxygen atoms in total. The molecule has 0 aliphatic carbocycles. The predicted octanol–water partition coefficient (Wildman–Crippen LogP) is 3.91. The Hall–Kier alpha value is -1.29. The Labute approximate surface area is 106 Å². The van der Waals surface area contributed by atoms with Gasteiger partial charge in [0.1, 0.15) is 12.4 Å². The number of rotatable bonds is 5. The van der Waals surface area contributed by atoms with Crippen molar-refractivity contribution in [3.63, 3.8) is 0 Å². The molecule has 1 aromatic rings. The van der Waals surface area contributed by atoms with Crippen molar-refractivity contribution in [3.05, 3.63) is 27.5 Å². The minimum Gasteiger partial charge on any atom is -0.488 e. The topological polar surface area (TPSA) is 46.5 Å². The van der Waals surface area contributed by atoms with Crippen molar-refractivity contribution in [1.29, 1.82) is 0 Å². The smallest absolute Gasteiger partial charge is 0.349 e. The minimum atomic E-state index is -0.922. The van der Waals surface area contributed by atoms with E-state index in [2.05, 4.69) is 0 Å². The molecule has 0 unspecified atom stereocenters. The van der Waals surface area contributed by atoms with Gasteiger partial charge in [0.2, 0.25) is 0 Å². The van der Waals surface area contributed by atoms with Crippen molar-refractivity contribution < 1.29 is 14.6 Å². The average molecular weight is 254 g/mol. The first-order valence-corrected chi connectivity index (χ1v) is 6.36. The van der Waals surface area contributed by atoms with E-state index in [0.29, 0.717) is 18.3 Å². The lowest BCUT2D eigenvalue weighted by Gasteiger charge is -2.02. The molecule has 0 radical (unpaired) electrons. The van der Waals surface area contributed by atoms with Crippen LogP contribution in [0.1, 0.15) is 48.2 Å². The standard InChI is InChI=1S/C13H18O3S/c1-8(2)5-6-16-10-7-11(9(3)4)17-12(10)13(14)15/h5,7,9H,6H2,1-4H3,(H,14,15). The second-order valence-electron chi connectivity index (χ2n) is 4.39. The molecule has 0 amide bonds. The third-order valence-corrected chi connectivity index (χ3v) is 3.62. The zero-order valence-corrected chi connectivity index (χ0v) is 11.4. The van der Waals surface area contributed by atoms with E-state index < -0.39 is 5.97 Å². The molecule has 0 aliphatic heterocycles. The molecule has 0 bridgehead atoms. The molecule has 1 N–H and O–H groups in total. The highest BCUT2D eigenvalue weighted by atomic mass is 32.1. The second-order valence-corrected chi connectivity index (χ2v) is 5.48. The van der Waals surface area contributed by atoms with Crippen LogP contribution in [0.4, 0.5) is 0 Å². The summed E-state index contributed by atoms with van der Waals surface area (Å²) >= 11 is 1.29. The molecule has 0 atom stereocenters. The summed E-state index contributed by atoms with van der Waals surface area (Å²) in [5.74, 6) is -0.128. The molecule has 17 heavy (non-hydrogen) atoms. The monoisotopic (exact) mass is 254 g/mol. The van der Waals surface area contributed by atoms with Crippen LogP contribution in [-0.2, 0) is 0 Å². The number of aromatic carboxylic acids is 1. The number of carbonyl (C=O) groups is 1. The van der Waals surface area contributed by atoms with Crippen LogP contribution in [0.2, 0.25) is 0 Å². The molecule has 1 rings (SSSR count). The number of ether oxygens (including phenoxy) is 1. The molecule has 1 aromatic heterocycles. The van der Waals surface area contributed by atoms with Crippen LogP contribution in [0.15, 0.2) is 17.7 Å². The highest BCUT2D eigenvalue weighted by Crippen LogP contribution is 2.33. The largest absolute Gasteiger partial charge is 0.488 e. The number of thiophene rings is 1. The van der Waals surface area contributed by atoms with Gasteiger partial charge in [0.25, 0.3) is 0 Å². The third-order valence-electron chi connectivity index (χ3n) is 2.21. The van der Waals surface area contributed by atoms with Crippen molar-refractivity contribution in [1.82, 2.24) is 0 Å². The highest BCUT2D eigenvalue weighted by molar-refractivity contribution is 7.14. The van der Waals surface area contributed by atoms with Gasteiger partial charge in [-0.15, -0.1) is 11.3 Å². The van der Waals surface area contributed by atoms with E-state index in [1.165, 1.54) is 11.3 Å². The number of carboxylic acid groups (broad SMARTS) is 1. The molecule has 1 heterocycles. The molecule has 0 fully saturated rings. The maximum absolute atomic E-state index is 11.1. The van der Waals surface area contributed by atoms with Gasteiger partial charge in [-0.3, -0.25) is 0 Å². The lowest BCUT2D eigenvalue weighted by Crippen LogP contribution is -1.99. The number of carboxylic acids is 1. The van der Waals surface area contributed by atoms with Gasteiger partial charge in [-0.05, 0) is 31.9 Å². The fourth-order valence-electron chi connectivity index (χ4n) is 1.23. The molecule has 0 saturated heterocycles. The summed E-state index contributed by atoms with van der Waals surface area (Å²) in [6, 6.07) is 1.83. The molecule has 0 aromatic carbocycles. The maximum atomic E-state index is 11.1. The quantitative estimate of drug-likeness (QED) is 0.810. The van der Waals surface area contributed by atoms with Crippen LogP contribution in [0, 0.1) is 0 Å². The van der Waals surface area contributed by atoms with Crippen LogP contribution < -0.4 is 4.74 Å². The number of hydrogen-bond acceptors (Lipinski definition) is 3. The van der Waals surface area contributed by atoms with Gasteiger partial charge < -0.3 is 9.84 Å². The van der Waals surface area contributed by atoms with Gasteiger partial charge in [-0.25, -0.2) is 4.79 Å². The first-order chi connectivity index (χ1) is 7.91. The SMILES string of the molecule is CC(C)=CCOc1cc(C(C)C)sc1C(=O)O.